The first-order valence-electron chi connectivity index (χ1n) is 8.51. The molecule has 0 fully saturated rings. The molecule has 0 aliphatic heterocycles. The van der Waals surface area contributed by atoms with E-state index in [-0.39, 0.29) is 5.91 Å². The smallest absolute Gasteiger partial charge is 0.254 e. The number of carbonyl (C=O) groups excluding carboxylic acids is 2. The molecule has 0 heterocycles. The molecule has 2 N–H and O–H groups in total. The third-order valence-electron chi connectivity index (χ3n) is 3.90. The number of carbonyl (C=O) groups is 2. The number of rotatable bonds is 8. The lowest BCUT2D eigenvalue weighted by atomic mass is 10.1. The fourth-order valence-corrected chi connectivity index (χ4v) is 2.84. The van der Waals surface area contributed by atoms with Gasteiger partial charge in [0.1, 0.15) is 0 Å². The van der Waals surface area contributed by atoms with Gasteiger partial charge in [-0.25, -0.2) is 0 Å². The molecule has 6 nitrogen and oxygen atoms in total. The van der Waals surface area contributed by atoms with Crippen molar-refractivity contribution in [2.24, 2.45) is 5.73 Å². The SMILES string of the molecule is CCCOc1c(Cl)cc(C(=O)N(C)Cc2cccc(C(N)=O)c2)cc1OC. The van der Waals surface area contributed by atoms with Crippen LogP contribution in [0.25, 0.3) is 0 Å². The van der Waals surface area contributed by atoms with E-state index in [9.17, 15) is 9.59 Å². The summed E-state index contributed by atoms with van der Waals surface area (Å²) in [4.78, 5) is 25.6. The van der Waals surface area contributed by atoms with Gasteiger partial charge >= 0.3 is 0 Å². The van der Waals surface area contributed by atoms with Crippen LogP contribution in [0.1, 0.15) is 39.6 Å². The number of methoxy groups -OCH3 is 1. The quantitative estimate of drug-likeness (QED) is 0.747. The average molecular weight is 391 g/mol. The van der Waals surface area contributed by atoms with E-state index in [4.69, 9.17) is 26.8 Å². The minimum atomic E-state index is -0.509. The van der Waals surface area contributed by atoms with Crippen LogP contribution in [0.15, 0.2) is 36.4 Å². The maximum atomic E-state index is 12.8. The Bertz CT molecular complexity index is 839. The summed E-state index contributed by atoms with van der Waals surface area (Å²) in [6, 6.07) is 10.0. The second-order valence-electron chi connectivity index (χ2n) is 6.06. The molecule has 0 aliphatic carbocycles. The fraction of sp³-hybridized carbons (Fsp3) is 0.300. The summed E-state index contributed by atoms with van der Waals surface area (Å²) in [5.41, 5.74) is 6.88. The number of ether oxygens (including phenoxy) is 2. The molecular weight excluding hydrogens is 368 g/mol. The van der Waals surface area contributed by atoms with Gasteiger partial charge in [-0.2, -0.15) is 0 Å². The number of hydrogen-bond acceptors (Lipinski definition) is 4. The van der Waals surface area contributed by atoms with E-state index in [1.54, 1.807) is 37.4 Å². The molecule has 0 bridgehead atoms. The average Bonchev–Trinajstić information content (AvgIpc) is 2.65. The Balaban J connectivity index is 2.22. The van der Waals surface area contributed by atoms with Gasteiger partial charge in [-0.05, 0) is 36.2 Å². The molecule has 27 heavy (non-hydrogen) atoms. The summed E-state index contributed by atoms with van der Waals surface area (Å²) in [5.74, 6) is 0.0875. The summed E-state index contributed by atoms with van der Waals surface area (Å²) < 4.78 is 10.9. The molecule has 0 saturated heterocycles. The van der Waals surface area contributed by atoms with Crippen molar-refractivity contribution in [1.29, 1.82) is 0 Å². The van der Waals surface area contributed by atoms with Crippen molar-refractivity contribution in [3.63, 3.8) is 0 Å². The van der Waals surface area contributed by atoms with E-state index in [2.05, 4.69) is 0 Å². The highest BCUT2D eigenvalue weighted by molar-refractivity contribution is 6.32. The van der Waals surface area contributed by atoms with Gasteiger partial charge in [-0.15, -0.1) is 0 Å². The third kappa shape index (κ3) is 5.14. The highest BCUT2D eigenvalue weighted by Crippen LogP contribution is 2.36. The lowest BCUT2D eigenvalue weighted by molar-refractivity contribution is 0.0784. The predicted molar refractivity (Wildman–Crippen MR) is 105 cm³/mol. The van der Waals surface area contributed by atoms with Crippen LogP contribution in [0, 0.1) is 0 Å². The minimum absolute atomic E-state index is 0.235. The number of halogens is 1. The summed E-state index contributed by atoms with van der Waals surface area (Å²) in [6.07, 6.45) is 0.827. The maximum Gasteiger partial charge on any atom is 0.254 e. The molecule has 7 heteroatoms. The fourth-order valence-electron chi connectivity index (χ4n) is 2.58. The Morgan fingerprint density at radius 3 is 2.56 bits per heavy atom. The lowest BCUT2D eigenvalue weighted by Crippen LogP contribution is -2.26. The van der Waals surface area contributed by atoms with Crippen molar-refractivity contribution >= 4 is 23.4 Å². The molecule has 0 spiro atoms. The van der Waals surface area contributed by atoms with Crippen molar-refractivity contribution < 1.29 is 19.1 Å². The second kappa shape index (κ2) is 9.28. The molecule has 0 unspecified atom stereocenters. The Hall–Kier alpha value is -2.73. The number of hydrogen-bond donors (Lipinski definition) is 1. The van der Waals surface area contributed by atoms with Gasteiger partial charge in [0, 0.05) is 24.7 Å². The molecule has 2 amide bonds. The van der Waals surface area contributed by atoms with Crippen molar-refractivity contribution in [3.05, 3.63) is 58.1 Å². The van der Waals surface area contributed by atoms with Gasteiger partial charge in [-0.3, -0.25) is 9.59 Å². The Morgan fingerprint density at radius 1 is 1.19 bits per heavy atom. The van der Waals surface area contributed by atoms with E-state index in [0.29, 0.717) is 40.8 Å². The van der Waals surface area contributed by atoms with Crippen LogP contribution in [0.2, 0.25) is 5.02 Å². The van der Waals surface area contributed by atoms with Crippen LogP contribution < -0.4 is 15.2 Å². The second-order valence-corrected chi connectivity index (χ2v) is 6.47. The Kier molecular flexibility index (Phi) is 7.07. The summed E-state index contributed by atoms with van der Waals surface area (Å²) in [6.45, 7) is 2.80. The highest BCUT2D eigenvalue weighted by Gasteiger charge is 2.19. The van der Waals surface area contributed by atoms with E-state index < -0.39 is 5.91 Å². The maximum absolute atomic E-state index is 12.8. The zero-order valence-corrected chi connectivity index (χ0v) is 16.4. The molecule has 0 radical (unpaired) electrons. The van der Waals surface area contributed by atoms with Crippen molar-refractivity contribution in [1.82, 2.24) is 4.90 Å². The standard InChI is InChI=1S/C20H23ClN2O4/c1-4-8-27-18-16(21)10-15(11-17(18)26-3)20(25)23(2)12-13-6-5-7-14(9-13)19(22)24/h5-7,9-11H,4,8,12H2,1-3H3,(H2,22,24). The highest BCUT2D eigenvalue weighted by atomic mass is 35.5. The first-order valence-corrected chi connectivity index (χ1v) is 8.89. The van der Waals surface area contributed by atoms with E-state index in [1.807, 2.05) is 13.0 Å². The normalized spacial score (nSPS) is 10.4. The number of amides is 2. The van der Waals surface area contributed by atoms with Crippen LogP contribution in [-0.2, 0) is 6.54 Å². The summed E-state index contributed by atoms with van der Waals surface area (Å²) >= 11 is 6.29. The molecule has 0 aromatic heterocycles. The van der Waals surface area contributed by atoms with Gasteiger partial charge in [0.05, 0.1) is 18.7 Å². The zero-order chi connectivity index (χ0) is 20.0. The first kappa shape index (κ1) is 20.6. The largest absolute Gasteiger partial charge is 0.493 e. The summed E-state index contributed by atoms with van der Waals surface area (Å²) in [7, 11) is 3.17. The van der Waals surface area contributed by atoms with Crippen LogP contribution in [0.4, 0.5) is 0 Å². The van der Waals surface area contributed by atoms with Crippen molar-refractivity contribution in [2.45, 2.75) is 19.9 Å². The number of nitrogens with two attached hydrogens (primary N) is 1. The Labute approximate surface area is 163 Å². The minimum Gasteiger partial charge on any atom is -0.493 e. The predicted octanol–water partition coefficient (Wildman–Crippen LogP) is 3.51. The van der Waals surface area contributed by atoms with Crippen molar-refractivity contribution in [2.75, 3.05) is 20.8 Å². The van der Waals surface area contributed by atoms with Crippen LogP contribution in [0.5, 0.6) is 11.5 Å². The third-order valence-corrected chi connectivity index (χ3v) is 4.19. The molecule has 2 aromatic rings. The van der Waals surface area contributed by atoms with E-state index >= 15 is 0 Å². The topological polar surface area (TPSA) is 81.9 Å². The van der Waals surface area contributed by atoms with Crippen LogP contribution >= 0.6 is 11.6 Å². The van der Waals surface area contributed by atoms with Crippen LogP contribution in [-0.4, -0.2) is 37.5 Å². The van der Waals surface area contributed by atoms with Gasteiger partial charge in [0.2, 0.25) is 5.91 Å². The van der Waals surface area contributed by atoms with Gasteiger partial charge in [-0.1, -0.05) is 30.7 Å². The van der Waals surface area contributed by atoms with E-state index in [0.717, 1.165) is 12.0 Å². The molecule has 2 aromatic carbocycles. The lowest BCUT2D eigenvalue weighted by Gasteiger charge is -2.19. The molecule has 2 rings (SSSR count). The van der Waals surface area contributed by atoms with Crippen LogP contribution in [0.3, 0.4) is 0 Å². The molecule has 0 atom stereocenters. The number of nitrogens with zero attached hydrogens (tertiary/aromatic N) is 1. The van der Waals surface area contributed by atoms with Gasteiger partial charge < -0.3 is 20.1 Å². The Morgan fingerprint density at radius 2 is 1.93 bits per heavy atom. The van der Waals surface area contributed by atoms with Gasteiger partial charge in [0.15, 0.2) is 11.5 Å². The molecular formula is C20H23ClN2O4. The van der Waals surface area contributed by atoms with Gasteiger partial charge in [0.25, 0.3) is 5.91 Å². The molecule has 144 valence electrons. The number of primary amides is 1. The summed E-state index contributed by atoms with van der Waals surface area (Å²) in [5, 5.41) is 0.315. The monoisotopic (exact) mass is 390 g/mol. The number of benzene rings is 2. The first-order chi connectivity index (χ1) is 12.9. The molecule has 0 saturated carbocycles. The van der Waals surface area contributed by atoms with Crippen molar-refractivity contribution in [3.8, 4) is 11.5 Å². The molecule has 0 aliphatic rings. The zero-order valence-electron chi connectivity index (χ0n) is 15.6. The van der Waals surface area contributed by atoms with E-state index in [1.165, 1.54) is 12.0 Å².